The van der Waals surface area contributed by atoms with Gasteiger partial charge in [0.05, 0.1) is 29.1 Å². The smallest absolute Gasteiger partial charge is 0.274 e. The number of fused-ring (bicyclic) bond motifs is 1. The number of nitro benzene ring substituents is 1. The Bertz CT molecular complexity index is 1380. The second kappa shape index (κ2) is 8.76. The number of carbonyl (C=O) groups excluding carboxylic acids is 1. The maximum atomic E-state index is 12.9. The topological polar surface area (TPSA) is 120 Å². The minimum atomic E-state index is -0.518. The SMILES string of the molecule is Cc1c(C(=O)NCc2nn(Cc3cccnc3)c(=O)c3ccccc23)cccc1[N+](=O)[O-]. The van der Waals surface area contributed by atoms with Crippen LogP contribution in [0.3, 0.4) is 0 Å². The van der Waals surface area contributed by atoms with Crippen molar-refractivity contribution in [2.24, 2.45) is 0 Å². The number of carbonyl (C=O) groups is 1. The van der Waals surface area contributed by atoms with Gasteiger partial charge in [0.1, 0.15) is 0 Å². The summed E-state index contributed by atoms with van der Waals surface area (Å²) in [6, 6.07) is 15.1. The van der Waals surface area contributed by atoms with Crippen LogP contribution in [0.5, 0.6) is 0 Å². The number of pyridine rings is 1. The molecule has 4 rings (SSSR count). The van der Waals surface area contributed by atoms with Gasteiger partial charge in [-0.3, -0.25) is 24.7 Å². The first-order chi connectivity index (χ1) is 15.5. The summed E-state index contributed by atoms with van der Waals surface area (Å²) in [5.74, 6) is -0.456. The van der Waals surface area contributed by atoms with Gasteiger partial charge < -0.3 is 5.32 Å². The first-order valence-corrected chi connectivity index (χ1v) is 9.85. The maximum Gasteiger partial charge on any atom is 0.274 e. The second-order valence-corrected chi connectivity index (χ2v) is 7.21. The fraction of sp³-hybridized carbons (Fsp3) is 0.130. The summed E-state index contributed by atoms with van der Waals surface area (Å²) in [4.78, 5) is 40.4. The number of rotatable bonds is 6. The van der Waals surface area contributed by atoms with Crippen molar-refractivity contribution in [2.45, 2.75) is 20.0 Å². The molecule has 9 nitrogen and oxygen atoms in total. The largest absolute Gasteiger partial charge is 0.346 e. The fourth-order valence-electron chi connectivity index (χ4n) is 3.53. The van der Waals surface area contributed by atoms with Gasteiger partial charge >= 0.3 is 0 Å². The highest BCUT2D eigenvalue weighted by atomic mass is 16.6. The summed E-state index contributed by atoms with van der Waals surface area (Å²) in [5.41, 5.74) is 1.47. The Hall–Kier alpha value is -4.40. The predicted molar refractivity (Wildman–Crippen MR) is 118 cm³/mol. The monoisotopic (exact) mass is 429 g/mol. The lowest BCUT2D eigenvalue weighted by atomic mass is 10.1. The predicted octanol–water partition coefficient (Wildman–Crippen LogP) is 2.99. The van der Waals surface area contributed by atoms with Crippen LogP contribution in [0.25, 0.3) is 10.8 Å². The number of benzene rings is 2. The highest BCUT2D eigenvalue weighted by Crippen LogP contribution is 2.21. The lowest BCUT2D eigenvalue weighted by Crippen LogP contribution is -2.29. The van der Waals surface area contributed by atoms with Gasteiger partial charge in [-0.25, -0.2) is 4.68 Å². The fourth-order valence-corrected chi connectivity index (χ4v) is 3.53. The van der Waals surface area contributed by atoms with E-state index in [1.165, 1.54) is 29.8 Å². The molecule has 0 unspecified atom stereocenters. The van der Waals surface area contributed by atoms with Crippen LogP contribution in [-0.2, 0) is 13.1 Å². The first kappa shape index (κ1) is 20.9. The number of amides is 1. The number of aromatic nitrogens is 3. The second-order valence-electron chi connectivity index (χ2n) is 7.21. The van der Waals surface area contributed by atoms with Gasteiger partial charge in [-0.05, 0) is 30.7 Å². The lowest BCUT2D eigenvalue weighted by Gasteiger charge is -2.12. The normalized spacial score (nSPS) is 10.8. The maximum absolute atomic E-state index is 12.9. The van der Waals surface area contributed by atoms with Crippen LogP contribution >= 0.6 is 0 Å². The van der Waals surface area contributed by atoms with Gasteiger partial charge in [-0.1, -0.05) is 30.3 Å². The molecule has 9 heteroatoms. The quantitative estimate of drug-likeness (QED) is 0.372. The molecule has 0 aliphatic rings. The number of hydrogen-bond acceptors (Lipinski definition) is 6. The van der Waals surface area contributed by atoms with Crippen molar-refractivity contribution in [1.82, 2.24) is 20.1 Å². The third kappa shape index (κ3) is 4.08. The molecular weight excluding hydrogens is 410 g/mol. The van der Waals surface area contributed by atoms with Crippen LogP contribution in [0.4, 0.5) is 5.69 Å². The van der Waals surface area contributed by atoms with E-state index in [1.807, 2.05) is 6.07 Å². The van der Waals surface area contributed by atoms with Crippen LogP contribution < -0.4 is 10.9 Å². The van der Waals surface area contributed by atoms with E-state index in [0.717, 1.165) is 5.56 Å². The van der Waals surface area contributed by atoms with Crippen molar-refractivity contribution in [1.29, 1.82) is 0 Å². The van der Waals surface area contributed by atoms with Crippen LogP contribution in [0.15, 0.2) is 71.8 Å². The summed E-state index contributed by atoms with van der Waals surface area (Å²) >= 11 is 0. The number of hydrogen-bond donors (Lipinski definition) is 1. The summed E-state index contributed by atoms with van der Waals surface area (Å²) in [7, 11) is 0. The minimum Gasteiger partial charge on any atom is -0.346 e. The van der Waals surface area contributed by atoms with Crippen molar-refractivity contribution in [3.05, 3.63) is 110 Å². The van der Waals surface area contributed by atoms with E-state index < -0.39 is 10.8 Å². The van der Waals surface area contributed by atoms with Gasteiger partial charge in [0.25, 0.3) is 17.2 Å². The van der Waals surface area contributed by atoms with Crippen LogP contribution in [0.2, 0.25) is 0 Å². The standard InChI is InChI=1S/C23H19N5O4/c1-15-17(9-4-10-21(15)28(31)32)22(29)25-13-20-18-7-2-3-8-19(18)23(30)27(26-20)14-16-6-5-11-24-12-16/h2-12H,13-14H2,1H3,(H,25,29). The summed E-state index contributed by atoms with van der Waals surface area (Å²) in [6.07, 6.45) is 3.31. The molecule has 0 bridgehead atoms. The summed E-state index contributed by atoms with van der Waals surface area (Å²) in [5, 5.41) is 19.5. The third-order valence-electron chi connectivity index (χ3n) is 5.16. The Morgan fingerprint density at radius 3 is 2.59 bits per heavy atom. The average molecular weight is 429 g/mol. The molecule has 4 aromatic rings. The first-order valence-electron chi connectivity index (χ1n) is 9.85. The van der Waals surface area contributed by atoms with Crippen molar-refractivity contribution in [2.75, 3.05) is 0 Å². The van der Waals surface area contributed by atoms with Gasteiger partial charge in [-0.2, -0.15) is 5.10 Å². The Labute approximate surface area is 182 Å². The van der Waals surface area contributed by atoms with E-state index in [-0.39, 0.29) is 35.5 Å². The zero-order valence-corrected chi connectivity index (χ0v) is 17.2. The van der Waals surface area contributed by atoms with Crippen LogP contribution in [-0.4, -0.2) is 25.6 Å². The number of nitro groups is 1. The molecule has 0 atom stereocenters. The summed E-state index contributed by atoms with van der Waals surface area (Å²) in [6.45, 7) is 1.83. The van der Waals surface area contributed by atoms with Gasteiger partial charge in [0, 0.05) is 35.0 Å². The molecule has 0 aliphatic carbocycles. The van der Waals surface area contributed by atoms with Crippen molar-refractivity contribution in [3.8, 4) is 0 Å². The van der Waals surface area contributed by atoms with Crippen LogP contribution in [0.1, 0.15) is 27.2 Å². The van der Waals surface area contributed by atoms with E-state index in [4.69, 9.17) is 0 Å². The average Bonchev–Trinajstić information content (AvgIpc) is 2.80. The van der Waals surface area contributed by atoms with Gasteiger partial charge in [0.2, 0.25) is 0 Å². The van der Waals surface area contributed by atoms with E-state index in [2.05, 4.69) is 15.4 Å². The molecule has 32 heavy (non-hydrogen) atoms. The summed E-state index contributed by atoms with van der Waals surface area (Å²) < 4.78 is 1.35. The van der Waals surface area contributed by atoms with Crippen LogP contribution in [0, 0.1) is 17.0 Å². The zero-order chi connectivity index (χ0) is 22.7. The van der Waals surface area contributed by atoms with Crippen molar-refractivity contribution in [3.63, 3.8) is 0 Å². The molecule has 0 aliphatic heterocycles. The third-order valence-corrected chi connectivity index (χ3v) is 5.16. The minimum absolute atomic E-state index is 0.0504. The van der Waals surface area contributed by atoms with E-state index in [9.17, 15) is 19.7 Å². The Morgan fingerprint density at radius 2 is 1.88 bits per heavy atom. The molecule has 2 heterocycles. The molecule has 2 aromatic carbocycles. The molecular formula is C23H19N5O4. The number of nitrogens with one attached hydrogen (secondary N) is 1. The molecule has 0 saturated carbocycles. The zero-order valence-electron chi connectivity index (χ0n) is 17.2. The highest BCUT2D eigenvalue weighted by Gasteiger charge is 2.18. The Morgan fingerprint density at radius 1 is 1.09 bits per heavy atom. The molecule has 0 saturated heterocycles. The molecule has 0 fully saturated rings. The molecule has 160 valence electrons. The van der Waals surface area contributed by atoms with E-state index >= 15 is 0 Å². The van der Waals surface area contributed by atoms with Crippen molar-refractivity contribution >= 4 is 22.4 Å². The molecule has 0 radical (unpaired) electrons. The van der Waals surface area contributed by atoms with Crippen molar-refractivity contribution < 1.29 is 9.72 Å². The molecule has 2 aromatic heterocycles. The van der Waals surface area contributed by atoms with Gasteiger partial charge in [-0.15, -0.1) is 0 Å². The molecule has 1 amide bonds. The van der Waals surface area contributed by atoms with E-state index in [1.54, 1.807) is 42.7 Å². The number of nitrogens with zero attached hydrogens (tertiary/aromatic N) is 4. The van der Waals surface area contributed by atoms with E-state index in [0.29, 0.717) is 16.5 Å². The Balaban J connectivity index is 1.67. The highest BCUT2D eigenvalue weighted by molar-refractivity contribution is 5.96. The van der Waals surface area contributed by atoms with Gasteiger partial charge in [0.15, 0.2) is 0 Å². The molecule has 0 spiro atoms. The lowest BCUT2D eigenvalue weighted by molar-refractivity contribution is -0.385. The Kier molecular flexibility index (Phi) is 5.71. The molecule has 1 N–H and O–H groups in total.